The summed E-state index contributed by atoms with van der Waals surface area (Å²) in [6, 6.07) is 26.7. The van der Waals surface area contributed by atoms with E-state index in [4.69, 9.17) is 5.73 Å². The van der Waals surface area contributed by atoms with Crippen LogP contribution in [0.15, 0.2) is 85.3 Å². The van der Waals surface area contributed by atoms with Crippen LogP contribution in [0.4, 0.5) is 0 Å². The predicted octanol–water partition coefficient (Wildman–Crippen LogP) is 4.64. The summed E-state index contributed by atoms with van der Waals surface area (Å²) in [5.41, 5.74) is 12.9. The van der Waals surface area contributed by atoms with Crippen LogP contribution in [0.1, 0.15) is 16.7 Å². The van der Waals surface area contributed by atoms with Gasteiger partial charge in [-0.2, -0.15) is 5.26 Å². The average Bonchev–Trinajstić information content (AvgIpc) is 3.24. The Morgan fingerprint density at radius 3 is 2.45 bits per heavy atom. The number of hydrogen-bond acceptors (Lipinski definition) is 3. The van der Waals surface area contributed by atoms with E-state index in [0.29, 0.717) is 18.7 Å². The fourth-order valence-electron chi connectivity index (χ4n) is 3.49. The molecule has 0 saturated carbocycles. The lowest BCUT2D eigenvalue weighted by Crippen LogP contribution is -2.02. The highest BCUT2D eigenvalue weighted by Crippen LogP contribution is 2.27. The van der Waals surface area contributed by atoms with Crippen molar-refractivity contribution in [1.29, 1.82) is 5.26 Å². The molecule has 0 fully saturated rings. The van der Waals surface area contributed by atoms with Gasteiger partial charge >= 0.3 is 0 Å². The Balaban J connectivity index is 1.66. The molecule has 0 spiro atoms. The molecule has 1 heterocycles. The van der Waals surface area contributed by atoms with Gasteiger partial charge < -0.3 is 10.3 Å². The lowest BCUT2D eigenvalue weighted by Gasteiger charge is -2.12. The number of nitrogens with two attached hydrogens (primary N) is 1. The summed E-state index contributed by atoms with van der Waals surface area (Å²) in [7, 11) is 0. The first-order valence-electron chi connectivity index (χ1n) is 9.66. The van der Waals surface area contributed by atoms with E-state index >= 15 is 0 Å². The van der Waals surface area contributed by atoms with E-state index in [2.05, 4.69) is 52.0 Å². The van der Waals surface area contributed by atoms with E-state index in [-0.39, 0.29) is 0 Å². The van der Waals surface area contributed by atoms with Gasteiger partial charge in [-0.1, -0.05) is 60.7 Å². The highest BCUT2D eigenvalue weighted by atomic mass is 15.0. The van der Waals surface area contributed by atoms with Gasteiger partial charge in [-0.25, -0.2) is 4.98 Å². The van der Waals surface area contributed by atoms with Crippen molar-refractivity contribution >= 4 is 0 Å². The lowest BCUT2D eigenvalue weighted by molar-refractivity contribution is 0.798. The largest absolute Gasteiger partial charge is 0.332 e. The van der Waals surface area contributed by atoms with Crippen molar-refractivity contribution in [3.05, 3.63) is 102 Å². The van der Waals surface area contributed by atoms with Gasteiger partial charge in [-0.05, 0) is 47.4 Å². The van der Waals surface area contributed by atoms with Crippen molar-refractivity contribution in [3.8, 4) is 28.5 Å². The molecule has 0 amide bonds. The van der Waals surface area contributed by atoms with Crippen molar-refractivity contribution in [2.75, 3.05) is 6.54 Å². The molecule has 3 aromatic carbocycles. The van der Waals surface area contributed by atoms with Crippen molar-refractivity contribution in [2.45, 2.75) is 13.0 Å². The average molecular weight is 378 g/mol. The molecule has 0 atom stereocenters. The highest BCUT2D eigenvalue weighted by Gasteiger charge is 2.09. The van der Waals surface area contributed by atoms with E-state index in [1.165, 1.54) is 5.56 Å². The molecule has 0 aliphatic carbocycles. The third kappa shape index (κ3) is 4.26. The Hall–Kier alpha value is -3.68. The number of nitriles is 1. The van der Waals surface area contributed by atoms with E-state index in [0.717, 1.165) is 34.4 Å². The molecule has 0 saturated heterocycles. The van der Waals surface area contributed by atoms with Gasteiger partial charge in [-0.15, -0.1) is 0 Å². The van der Waals surface area contributed by atoms with Crippen LogP contribution in [0.3, 0.4) is 0 Å². The van der Waals surface area contributed by atoms with Gasteiger partial charge in [0.05, 0.1) is 23.7 Å². The summed E-state index contributed by atoms with van der Waals surface area (Å²) in [4.78, 5) is 4.55. The molecule has 29 heavy (non-hydrogen) atoms. The number of nitrogens with zero attached hydrogens (tertiary/aromatic N) is 3. The van der Waals surface area contributed by atoms with Crippen molar-refractivity contribution < 1.29 is 0 Å². The predicted molar refractivity (Wildman–Crippen MR) is 116 cm³/mol. The molecule has 2 N–H and O–H groups in total. The molecular formula is C25H22N4. The zero-order valence-electron chi connectivity index (χ0n) is 16.1. The number of rotatable bonds is 6. The van der Waals surface area contributed by atoms with Gasteiger partial charge in [0.2, 0.25) is 0 Å². The Bertz CT molecular complexity index is 1140. The first-order valence-corrected chi connectivity index (χ1v) is 9.66. The van der Waals surface area contributed by atoms with Gasteiger partial charge in [0, 0.05) is 18.3 Å². The molecule has 1 aromatic heterocycles. The van der Waals surface area contributed by atoms with Crippen molar-refractivity contribution in [1.82, 2.24) is 9.55 Å². The quantitative estimate of drug-likeness (QED) is 0.531. The highest BCUT2D eigenvalue weighted by molar-refractivity contribution is 5.69. The lowest BCUT2D eigenvalue weighted by atomic mass is 9.96. The molecule has 142 valence electrons. The van der Waals surface area contributed by atoms with Crippen LogP contribution in [0.5, 0.6) is 0 Å². The van der Waals surface area contributed by atoms with Crippen LogP contribution in [0.2, 0.25) is 0 Å². The van der Waals surface area contributed by atoms with Crippen LogP contribution >= 0.6 is 0 Å². The summed E-state index contributed by atoms with van der Waals surface area (Å²) in [6.45, 7) is 1.29. The Morgan fingerprint density at radius 2 is 1.72 bits per heavy atom. The van der Waals surface area contributed by atoms with Crippen molar-refractivity contribution in [2.24, 2.45) is 5.73 Å². The number of hydrogen-bond donors (Lipinski definition) is 1. The van der Waals surface area contributed by atoms with Crippen LogP contribution in [-0.4, -0.2) is 16.1 Å². The maximum absolute atomic E-state index is 9.36. The Labute approximate surface area is 170 Å². The first-order chi connectivity index (χ1) is 14.3. The second-order valence-electron chi connectivity index (χ2n) is 7.02. The summed E-state index contributed by atoms with van der Waals surface area (Å²) < 4.78 is 2.06. The zero-order valence-corrected chi connectivity index (χ0v) is 16.1. The van der Waals surface area contributed by atoms with Crippen LogP contribution in [0, 0.1) is 11.3 Å². The topological polar surface area (TPSA) is 67.6 Å². The molecule has 0 radical (unpaired) electrons. The molecule has 0 bridgehead atoms. The zero-order chi connectivity index (χ0) is 20.1. The van der Waals surface area contributed by atoms with Crippen molar-refractivity contribution in [3.63, 3.8) is 0 Å². The Kier molecular flexibility index (Phi) is 5.51. The monoisotopic (exact) mass is 378 g/mol. The number of benzene rings is 3. The van der Waals surface area contributed by atoms with Crippen LogP contribution < -0.4 is 5.73 Å². The SMILES string of the molecule is N#Cc1ccc(-c2ccc(CCN)cc2)c(Cn2cnc(-c3ccccc3)c2)c1. The smallest absolute Gasteiger partial charge is 0.0991 e. The molecule has 0 aliphatic rings. The fourth-order valence-corrected chi connectivity index (χ4v) is 3.49. The van der Waals surface area contributed by atoms with E-state index < -0.39 is 0 Å². The first kappa shape index (κ1) is 18.7. The van der Waals surface area contributed by atoms with Crippen LogP contribution in [0.25, 0.3) is 22.4 Å². The normalized spacial score (nSPS) is 10.6. The molecule has 4 rings (SSSR count). The fraction of sp³-hybridized carbons (Fsp3) is 0.120. The summed E-state index contributed by atoms with van der Waals surface area (Å²) in [5, 5.41) is 9.36. The molecular weight excluding hydrogens is 356 g/mol. The maximum atomic E-state index is 9.36. The summed E-state index contributed by atoms with van der Waals surface area (Å²) >= 11 is 0. The van der Waals surface area contributed by atoms with E-state index in [1.54, 1.807) is 0 Å². The van der Waals surface area contributed by atoms with Gasteiger partial charge in [0.15, 0.2) is 0 Å². The molecule has 4 aromatic rings. The number of imidazole rings is 1. The molecule has 4 nitrogen and oxygen atoms in total. The van der Waals surface area contributed by atoms with Gasteiger partial charge in [0.1, 0.15) is 0 Å². The Morgan fingerprint density at radius 1 is 0.931 bits per heavy atom. The van der Waals surface area contributed by atoms with Crippen LogP contribution in [-0.2, 0) is 13.0 Å². The maximum Gasteiger partial charge on any atom is 0.0991 e. The molecule has 0 unspecified atom stereocenters. The van der Waals surface area contributed by atoms with Gasteiger partial charge in [-0.3, -0.25) is 0 Å². The molecule has 0 aliphatic heterocycles. The standard InChI is InChI=1S/C25H22N4/c26-13-12-19-6-9-21(10-7-19)24-11-8-20(15-27)14-23(24)16-29-17-25(28-18-29)22-4-2-1-3-5-22/h1-11,14,17-18H,12-13,16,26H2. The van der Waals surface area contributed by atoms with Gasteiger partial charge in [0.25, 0.3) is 0 Å². The number of aromatic nitrogens is 2. The third-order valence-electron chi connectivity index (χ3n) is 4.99. The molecule has 4 heteroatoms. The van der Waals surface area contributed by atoms with E-state index in [9.17, 15) is 5.26 Å². The summed E-state index contributed by atoms with van der Waals surface area (Å²) in [6.07, 6.45) is 4.76. The third-order valence-corrected chi connectivity index (χ3v) is 4.99. The second-order valence-corrected chi connectivity index (χ2v) is 7.02. The minimum atomic E-state index is 0.645. The minimum Gasteiger partial charge on any atom is -0.332 e. The second kappa shape index (κ2) is 8.55. The van der Waals surface area contributed by atoms with E-state index in [1.807, 2.05) is 48.9 Å². The summed E-state index contributed by atoms with van der Waals surface area (Å²) in [5.74, 6) is 0. The minimum absolute atomic E-state index is 0.645.